The third-order valence-electron chi connectivity index (χ3n) is 2.47. The Morgan fingerprint density at radius 2 is 1.71 bits per heavy atom. The zero-order valence-electron chi connectivity index (χ0n) is 9.62. The Kier molecular flexibility index (Phi) is 3.97. The number of nitrogens with zero attached hydrogens (tertiary/aromatic N) is 3. The van der Waals surface area contributed by atoms with E-state index in [9.17, 15) is 20.2 Å². The smallest absolute Gasteiger partial charge is 0.299 e. The summed E-state index contributed by atoms with van der Waals surface area (Å²) in [4.78, 5) is 22.0. The van der Waals surface area contributed by atoms with Gasteiger partial charge >= 0.3 is 0 Å². The Morgan fingerprint density at radius 3 is 2.12 bits per heavy atom. The van der Waals surface area contributed by atoms with E-state index in [-0.39, 0.29) is 11.4 Å². The molecule has 0 saturated heterocycles. The van der Waals surface area contributed by atoms with Gasteiger partial charge in [-0.25, -0.2) is 0 Å². The number of anilines is 1. The molecule has 0 unspecified atom stereocenters. The van der Waals surface area contributed by atoms with Crippen LogP contribution in [-0.4, -0.2) is 22.9 Å². The Labute approximate surface area is 98.0 Å². The monoisotopic (exact) mass is 239 g/mol. The molecule has 0 aliphatic carbocycles. The molecule has 0 saturated carbocycles. The molecule has 17 heavy (non-hydrogen) atoms. The number of hydrogen-bond acceptors (Lipinski definition) is 5. The molecule has 0 aromatic heterocycles. The molecule has 0 aliphatic heterocycles. The van der Waals surface area contributed by atoms with Crippen LogP contribution in [0.3, 0.4) is 0 Å². The highest BCUT2D eigenvalue weighted by atomic mass is 16.6. The summed E-state index contributed by atoms with van der Waals surface area (Å²) in [6.45, 7) is 4.95. The Balaban J connectivity index is 3.31. The maximum absolute atomic E-state index is 10.9. The van der Waals surface area contributed by atoms with Crippen molar-refractivity contribution in [2.45, 2.75) is 13.8 Å². The van der Waals surface area contributed by atoms with Crippen molar-refractivity contribution in [1.29, 1.82) is 0 Å². The maximum atomic E-state index is 10.9. The zero-order chi connectivity index (χ0) is 13.0. The summed E-state index contributed by atoms with van der Waals surface area (Å²) >= 11 is 0. The van der Waals surface area contributed by atoms with Gasteiger partial charge in [0.2, 0.25) is 0 Å². The Morgan fingerprint density at radius 1 is 1.12 bits per heavy atom. The fraction of sp³-hybridized carbons (Fsp3) is 0.400. The second-order valence-electron chi connectivity index (χ2n) is 3.36. The Hall–Kier alpha value is -2.18. The van der Waals surface area contributed by atoms with Gasteiger partial charge in [-0.15, -0.1) is 0 Å². The molecule has 0 spiro atoms. The first-order valence-corrected chi connectivity index (χ1v) is 5.19. The van der Waals surface area contributed by atoms with Gasteiger partial charge in [0.15, 0.2) is 0 Å². The average Bonchev–Trinajstić information content (AvgIpc) is 2.30. The third-order valence-corrected chi connectivity index (χ3v) is 2.47. The molecule has 0 radical (unpaired) electrons. The highest BCUT2D eigenvalue weighted by Crippen LogP contribution is 2.31. The molecule has 0 heterocycles. The molecular formula is C10H13N3O4. The summed E-state index contributed by atoms with van der Waals surface area (Å²) in [6.07, 6.45) is 0. The van der Waals surface area contributed by atoms with Crippen molar-refractivity contribution in [2.75, 3.05) is 18.0 Å². The van der Waals surface area contributed by atoms with Crippen LogP contribution in [0.4, 0.5) is 17.1 Å². The standard InChI is InChI=1S/C10H13N3O4/c1-3-11(4-2)9-6-5-8(12(14)15)7-10(9)13(16)17/h5-7H,3-4H2,1-2H3. The molecule has 0 aliphatic rings. The molecule has 1 aromatic carbocycles. The minimum absolute atomic E-state index is 0.233. The van der Waals surface area contributed by atoms with Crippen molar-refractivity contribution >= 4 is 17.1 Å². The minimum Gasteiger partial charge on any atom is -0.367 e. The molecule has 0 bridgehead atoms. The summed E-state index contributed by atoms with van der Waals surface area (Å²) in [5.41, 5.74) is -0.0962. The van der Waals surface area contributed by atoms with Crippen LogP contribution < -0.4 is 4.90 Å². The molecule has 0 N–H and O–H groups in total. The lowest BCUT2D eigenvalue weighted by Crippen LogP contribution is -2.22. The van der Waals surface area contributed by atoms with Gasteiger partial charge in [0.25, 0.3) is 11.4 Å². The first kappa shape index (κ1) is 12.9. The quantitative estimate of drug-likeness (QED) is 0.581. The van der Waals surface area contributed by atoms with Crippen molar-refractivity contribution in [3.8, 4) is 0 Å². The van der Waals surface area contributed by atoms with Gasteiger partial charge < -0.3 is 4.90 Å². The first-order valence-electron chi connectivity index (χ1n) is 5.19. The van der Waals surface area contributed by atoms with Crippen LogP contribution in [0.5, 0.6) is 0 Å². The topological polar surface area (TPSA) is 89.5 Å². The summed E-state index contributed by atoms with van der Waals surface area (Å²) < 4.78 is 0. The minimum atomic E-state index is -0.640. The molecule has 0 fully saturated rings. The van der Waals surface area contributed by atoms with Crippen molar-refractivity contribution in [3.63, 3.8) is 0 Å². The predicted octanol–water partition coefficient (Wildman–Crippen LogP) is 2.35. The van der Waals surface area contributed by atoms with Gasteiger partial charge in [0.05, 0.1) is 15.9 Å². The second kappa shape index (κ2) is 5.24. The van der Waals surface area contributed by atoms with Gasteiger partial charge in [-0.2, -0.15) is 0 Å². The van der Waals surface area contributed by atoms with Crippen LogP contribution >= 0.6 is 0 Å². The number of hydrogen-bond donors (Lipinski definition) is 0. The van der Waals surface area contributed by atoms with Crippen LogP contribution in [0.1, 0.15) is 13.8 Å². The number of nitro groups is 2. The molecule has 1 aromatic rings. The van der Waals surface area contributed by atoms with Gasteiger partial charge in [0.1, 0.15) is 5.69 Å². The van der Waals surface area contributed by atoms with E-state index >= 15 is 0 Å². The van der Waals surface area contributed by atoms with Gasteiger partial charge in [-0.3, -0.25) is 20.2 Å². The first-order chi connectivity index (χ1) is 8.01. The number of non-ortho nitro benzene ring substituents is 1. The molecule has 7 heteroatoms. The normalized spacial score (nSPS) is 10.0. The summed E-state index contributed by atoms with van der Waals surface area (Å²) in [7, 11) is 0. The van der Waals surface area contributed by atoms with E-state index in [1.54, 1.807) is 4.90 Å². The number of rotatable bonds is 5. The van der Waals surface area contributed by atoms with Crippen LogP contribution in [0, 0.1) is 20.2 Å². The third kappa shape index (κ3) is 2.68. The van der Waals surface area contributed by atoms with Crippen molar-refractivity contribution in [2.24, 2.45) is 0 Å². The number of benzene rings is 1. The average molecular weight is 239 g/mol. The van der Waals surface area contributed by atoms with Crippen LogP contribution in [0.15, 0.2) is 18.2 Å². The van der Waals surface area contributed by atoms with Crippen LogP contribution in [0.2, 0.25) is 0 Å². The fourth-order valence-electron chi connectivity index (χ4n) is 1.60. The molecule has 0 atom stereocenters. The van der Waals surface area contributed by atoms with E-state index < -0.39 is 9.85 Å². The zero-order valence-corrected chi connectivity index (χ0v) is 9.62. The summed E-state index contributed by atoms with van der Waals surface area (Å²) in [5.74, 6) is 0. The highest BCUT2D eigenvalue weighted by molar-refractivity contribution is 5.66. The Bertz CT molecular complexity index is 443. The lowest BCUT2D eigenvalue weighted by molar-refractivity contribution is -0.393. The molecule has 92 valence electrons. The summed E-state index contributed by atoms with van der Waals surface area (Å²) in [5, 5.41) is 21.5. The van der Waals surface area contributed by atoms with Crippen LogP contribution in [0.25, 0.3) is 0 Å². The molecular weight excluding hydrogens is 226 g/mol. The van der Waals surface area contributed by atoms with Gasteiger partial charge in [0, 0.05) is 19.2 Å². The summed E-state index contributed by atoms with van der Waals surface area (Å²) in [6, 6.07) is 3.69. The second-order valence-corrected chi connectivity index (χ2v) is 3.36. The lowest BCUT2D eigenvalue weighted by atomic mass is 10.2. The van der Waals surface area contributed by atoms with Crippen LogP contribution in [-0.2, 0) is 0 Å². The molecule has 0 amide bonds. The highest BCUT2D eigenvalue weighted by Gasteiger charge is 2.21. The number of nitro benzene ring substituents is 2. The van der Waals surface area contributed by atoms with E-state index in [4.69, 9.17) is 0 Å². The van der Waals surface area contributed by atoms with E-state index in [1.807, 2.05) is 13.8 Å². The lowest BCUT2D eigenvalue weighted by Gasteiger charge is -2.20. The SMILES string of the molecule is CCN(CC)c1ccc([N+](=O)[O-])cc1[N+](=O)[O-]. The predicted molar refractivity (Wildman–Crippen MR) is 63.3 cm³/mol. The van der Waals surface area contributed by atoms with E-state index in [0.717, 1.165) is 6.07 Å². The van der Waals surface area contributed by atoms with E-state index in [2.05, 4.69) is 0 Å². The van der Waals surface area contributed by atoms with Gasteiger partial charge in [-0.1, -0.05) is 0 Å². The van der Waals surface area contributed by atoms with Crippen molar-refractivity contribution < 1.29 is 9.85 Å². The maximum Gasteiger partial charge on any atom is 0.299 e. The fourth-order valence-corrected chi connectivity index (χ4v) is 1.60. The van der Waals surface area contributed by atoms with E-state index in [0.29, 0.717) is 18.8 Å². The van der Waals surface area contributed by atoms with Gasteiger partial charge in [-0.05, 0) is 19.9 Å². The molecule has 1 rings (SSSR count). The largest absolute Gasteiger partial charge is 0.367 e. The van der Waals surface area contributed by atoms with Crippen molar-refractivity contribution in [3.05, 3.63) is 38.4 Å². The van der Waals surface area contributed by atoms with E-state index in [1.165, 1.54) is 12.1 Å². The van der Waals surface area contributed by atoms with Crippen molar-refractivity contribution in [1.82, 2.24) is 0 Å². The molecule has 7 nitrogen and oxygen atoms in total.